The molecule has 17 heavy (non-hydrogen) atoms. The molecule has 2 rings (SSSR count). The third kappa shape index (κ3) is 3.15. The largest absolute Gasteiger partial charge is 0.241 e. The first kappa shape index (κ1) is 11.8. The van der Waals surface area contributed by atoms with Crippen molar-refractivity contribution in [2.45, 2.75) is 6.54 Å². The molecule has 0 saturated heterocycles. The van der Waals surface area contributed by atoms with E-state index < -0.39 is 10.0 Å². The maximum absolute atomic E-state index is 11.1. The summed E-state index contributed by atoms with van der Waals surface area (Å²) in [7, 11) is -3.19. The van der Waals surface area contributed by atoms with Gasteiger partial charge < -0.3 is 0 Å². The maximum atomic E-state index is 11.1. The summed E-state index contributed by atoms with van der Waals surface area (Å²) in [6.07, 6.45) is 4.64. The molecule has 2 aromatic rings. The number of rotatable bonds is 4. The highest BCUT2D eigenvalue weighted by Gasteiger charge is 2.06. The van der Waals surface area contributed by atoms with E-state index >= 15 is 0 Å². The van der Waals surface area contributed by atoms with Gasteiger partial charge in [-0.1, -0.05) is 18.2 Å². The fraction of sp³-hybridized carbons (Fsp3) is 0.182. The third-order valence-electron chi connectivity index (χ3n) is 2.27. The minimum absolute atomic E-state index is 0.259. The van der Waals surface area contributed by atoms with Gasteiger partial charge in [-0.3, -0.25) is 0 Å². The molecule has 90 valence electrons. The van der Waals surface area contributed by atoms with Crippen molar-refractivity contribution in [1.29, 1.82) is 0 Å². The zero-order valence-electron chi connectivity index (χ0n) is 9.37. The highest BCUT2D eigenvalue weighted by atomic mass is 32.2. The Labute approximate surface area is 100 Å². The Balaban J connectivity index is 2.29. The van der Waals surface area contributed by atoms with Crippen LogP contribution in [0.4, 0.5) is 0 Å². The predicted molar refractivity (Wildman–Crippen MR) is 65.2 cm³/mol. The lowest BCUT2D eigenvalue weighted by Gasteiger charge is -2.09. The Morgan fingerprint density at radius 1 is 1.29 bits per heavy atom. The standard InChI is InChI=1S/C11H13N3O2S/c1-17(15,16)13-9-10-5-2-3-6-11(10)14-8-4-7-12-14/h2-8,13H,9H2,1H3. The second kappa shape index (κ2) is 4.68. The van der Waals surface area contributed by atoms with Gasteiger partial charge in [0.25, 0.3) is 0 Å². The lowest BCUT2D eigenvalue weighted by Crippen LogP contribution is -2.22. The summed E-state index contributed by atoms with van der Waals surface area (Å²) < 4.78 is 26.3. The lowest BCUT2D eigenvalue weighted by molar-refractivity contribution is 0.587. The molecule has 1 aromatic carbocycles. The van der Waals surface area contributed by atoms with Gasteiger partial charge in [-0.05, 0) is 17.7 Å². The van der Waals surface area contributed by atoms with Crippen LogP contribution < -0.4 is 4.72 Å². The average Bonchev–Trinajstić information content (AvgIpc) is 2.79. The predicted octanol–water partition coefficient (Wildman–Crippen LogP) is 0.921. The van der Waals surface area contributed by atoms with Crippen LogP contribution in [-0.2, 0) is 16.6 Å². The Hall–Kier alpha value is -1.66. The van der Waals surface area contributed by atoms with Crippen LogP contribution in [-0.4, -0.2) is 24.5 Å². The van der Waals surface area contributed by atoms with Gasteiger partial charge in [0.2, 0.25) is 10.0 Å². The van der Waals surface area contributed by atoms with E-state index in [-0.39, 0.29) is 6.54 Å². The monoisotopic (exact) mass is 251 g/mol. The van der Waals surface area contributed by atoms with Gasteiger partial charge in [0.15, 0.2) is 0 Å². The minimum atomic E-state index is -3.19. The number of hydrogen-bond donors (Lipinski definition) is 1. The van der Waals surface area contributed by atoms with E-state index in [1.54, 1.807) is 10.9 Å². The fourth-order valence-electron chi connectivity index (χ4n) is 1.50. The average molecular weight is 251 g/mol. The van der Waals surface area contributed by atoms with Crippen molar-refractivity contribution in [3.8, 4) is 5.69 Å². The SMILES string of the molecule is CS(=O)(=O)NCc1ccccc1-n1cccn1. The molecule has 1 aromatic heterocycles. The first-order valence-electron chi connectivity index (χ1n) is 5.09. The van der Waals surface area contributed by atoms with E-state index in [0.717, 1.165) is 17.5 Å². The summed E-state index contributed by atoms with van der Waals surface area (Å²) in [5, 5.41) is 4.13. The van der Waals surface area contributed by atoms with Crippen LogP contribution in [0.1, 0.15) is 5.56 Å². The van der Waals surface area contributed by atoms with Crippen molar-refractivity contribution in [2.24, 2.45) is 0 Å². The molecule has 1 heterocycles. The van der Waals surface area contributed by atoms with Crippen LogP contribution in [0.25, 0.3) is 5.69 Å². The molecule has 0 bridgehead atoms. The van der Waals surface area contributed by atoms with Gasteiger partial charge in [-0.2, -0.15) is 5.10 Å². The van der Waals surface area contributed by atoms with Crippen molar-refractivity contribution in [3.05, 3.63) is 48.3 Å². The first-order chi connectivity index (χ1) is 8.06. The number of sulfonamides is 1. The van der Waals surface area contributed by atoms with Gasteiger partial charge in [0, 0.05) is 18.9 Å². The van der Waals surface area contributed by atoms with Gasteiger partial charge in [0.05, 0.1) is 11.9 Å². The molecule has 0 radical (unpaired) electrons. The number of nitrogens with one attached hydrogen (secondary N) is 1. The van der Waals surface area contributed by atoms with Crippen molar-refractivity contribution in [3.63, 3.8) is 0 Å². The molecule has 0 spiro atoms. The molecule has 1 N–H and O–H groups in total. The molecular formula is C11H13N3O2S. The molecule has 0 fully saturated rings. The highest BCUT2D eigenvalue weighted by molar-refractivity contribution is 7.88. The maximum Gasteiger partial charge on any atom is 0.209 e. The summed E-state index contributed by atoms with van der Waals surface area (Å²) in [6.45, 7) is 0.259. The summed E-state index contributed by atoms with van der Waals surface area (Å²) in [5.41, 5.74) is 1.75. The number of para-hydroxylation sites is 1. The number of nitrogens with zero attached hydrogens (tertiary/aromatic N) is 2. The van der Waals surface area contributed by atoms with Crippen molar-refractivity contribution >= 4 is 10.0 Å². The number of aromatic nitrogens is 2. The molecule has 0 aliphatic rings. The van der Waals surface area contributed by atoms with Crippen molar-refractivity contribution in [1.82, 2.24) is 14.5 Å². The fourth-order valence-corrected chi connectivity index (χ4v) is 1.92. The van der Waals surface area contributed by atoms with Gasteiger partial charge in [-0.15, -0.1) is 0 Å². The summed E-state index contributed by atoms with van der Waals surface area (Å²) in [6, 6.07) is 9.34. The van der Waals surface area contributed by atoms with Gasteiger partial charge >= 0.3 is 0 Å². The second-order valence-corrected chi connectivity index (χ2v) is 5.51. The normalized spacial score (nSPS) is 11.6. The topological polar surface area (TPSA) is 64.0 Å². The van der Waals surface area contributed by atoms with E-state index in [9.17, 15) is 8.42 Å². The molecule has 0 aliphatic carbocycles. The first-order valence-corrected chi connectivity index (χ1v) is 6.98. The molecule has 0 aliphatic heterocycles. The van der Waals surface area contributed by atoms with Crippen molar-refractivity contribution in [2.75, 3.05) is 6.26 Å². The van der Waals surface area contributed by atoms with Crippen molar-refractivity contribution < 1.29 is 8.42 Å². The number of hydrogen-bond acceptors (Lipinski definition) is 3. The van der Waals surface area contributed by atoms with Crippen LogP contribution in [0.5, 0.6) is 0 Å². The smallest absolute Gasteiger partial charge is 0.209 e. The van der Waals surface area contributed by atoms with Crippen LogP contribution in [0.15, 0.2) is 42.7 Å². The summed E-state index contributed by atoms with van der Waals surface area (Å²) in [4.78, 5) is 0. The van der Waals surface area contributed by atoms with Crippen LogP contribution >= 0.6 is 0 Å². The van der Waals surface area contributed by atoms with E-state index in [1.165, 1.54) is 0 Å². The number of benzene rings is 1. The Kier molecular flexibility index (Phi) is 3.26. The zero-order chi connectivity index (χ0) is 12.3. The van der Waals surface area contributed by atoms with E-state index in [2.05, 4.69) is 9.82 Å². The summed E-state index contributed by atoms with van der Waals surface area (Å²) in [5.74, 6) is 0. The van der Waals surface area contributed by atoms with Gasteiger partial charge in [-0.25, -0.2) is 17.8 Å². The second-order valence-electron chi connectivity index (χ2n) is 3.67. The third-order valence-corrected chi connectivity index (χ3v) is 2.94. The van der Waals surface area contributed by atoms with E-state index in [0.29, 0.717) is 0 Å². The molecule has 0 unspecified atom stereocenters. The highest BCUT2D eigenvalue weighted by Crippen LogP contribution is 2.13. The van der Waals surface area contributed by atoms with Gasteiger partial charge in [0.1, 0.15) is 0 Å². The minimum Gasteiger partial charge on any atom is -0.241 e. The van der Waals surface area contributed by atoms with E-state index in [1.807, 2.05) is 36.5 Å². The molecule has 0 amide bonds. The lowest BCUT2D eigenvalue weighted by atomic mass is 10.2. The molecular weight excluding hydrogens is 238 g/mol. The zero-order valence-corrected chi connectivity index (χ0v) is 10.2. The van der Waals surface area contributed by atoms with E-state index in [4.69, 9.17) is 0 Å². The Morgan fingerprint density at radius 3 is 2.71 bits per heavy atom. The quantitative estimate of drug-likeness (QED) is 0.879. The molecule has 0 saturated carbocycles. The molecule has 0 atom stereocenters. The Morgan fingerprint density at radius 2 is 2.06 bits per heavy atom. The molecule has 5 nitrogen and oxygen atoms in total. The summed E-state index contributed by atoms with van der Waals surface area (Å²) >= 11 is 0. The van der Waals surface area contributed by atoms with Crippen LogP contribution in [0.3, 0.4) is 0 Å². The Bertz CT molecular complexity index is 591. The van der Waals surface area contributed by atoms with Crippen LogP contribution in [0.2, 0.25) is 0 Å². The molecule has 6 heteroatoms. The van der Waals surface area contributed by atoms with Crippen LogP contribution in [0, 0.1) is 0 Å².